The highest BCUT2D eigenvalue weighted by atomic mass is 32.2. The quantitative estimate of drug-likeness (QED) is 0.384. The summed E-state index contributed by atoms with van der Waals surface area (Å²) in [6, 6.07) is 6.56. The first-order valence-corrected chi connectivity index (χ1v) is 7.73. The third-order valence-corrected chi connectivity index (χ3v) is 3.52. The summed E-state index contributed by atoms with van der Waals surface area (Å²) in [7, 11) is 0. The minimum atomic E-state index is -1.60. The molecule has 1 aromatic heterocycles. The van der Waals surface area contributed by atoms with Gasteiger partial charge in [0, 0.05) is 11.2 Å². The van der Waals surface area contributed by atoms with Gasteiger partial charge in [-0.2, -0.15) is 10.2 Å². The molecule has 1 atom stereocenters. The van der Waals surface area contributed by atoms with Gasteiger partial charge >= 0.3 is 16.7 Å². The summed E-state index contributed by atoms with van der Waals surface area (Å²) in [4.78, 5) is 17.8. The Hall–Kier alpha value is -2.90. The predicted octanol–water partition coefficient (Wildman–Crippen LogP) is 1.68. The van der Waals surface area contributed by atoms with Crippen molar-refractivity contribution in [2.75, 3.05) is 12.0 Å². The van der Waals surface area contributed by atoms with Crippen molar-refractivity contribution < 1.29 is 14.2 Å². The first-order chi connectivity index (χ1) is 10.8. The second-order valence-electron chi connectivity index (χ2n) is 4.45. The standard InChI is InChI=1S/C13H11N5O4S/c1-7-3-4-8(6-14)5-9(7)22-12-10(18(19)20)11(15)16-13(17-12)23(2)21/h3-5H,1-2H3,(H2,15,16,17). The molecule has 0 bridgehead atoms. The van der Waals surface area contributed by atoms with Gasteiger partial charge in [-0.05, 0) is 24.6 Å². The zero-order valence-electron chi connectivity index (χ0n) is 12.1. The maximum atomic E-state index is 11.5. The van der Waals surface area contributed by atoms with E-state index in [1.54, 1.807) is 19.1 Å². The van der Waals surface area contributed by atoms with E-state index in [4.69, 9.17) is 15.7 Å². The van der Waals surface area contributed by atoms with Gasteiger partial charge in [0.15, 0.2) is 0 Å². The lowest BCUT2D eigenvalue weighted by Gasteiger charge is -2.10. The van der Waals surface area contributed by atoms with Gasteiger partial charge in [-0.15, -0.1) is 4.98 Å². The van der Waals surface area contributed by atoms with E-state index in [0.29, 0.717) is 11.1 Å². The lowest BCUT2D eigenvalue weighted by atomic mass is 10.1. The van der Waals surface area contributed by atoms with E-state index in [-0.39, 0.29) is 10.9 Å². The number of benzene rings is 1. The number of hydrogen-bond donors (Lipinski definition) is 1. The van der Waals surface area contributed by atoms with Crippen molar-refractivity contribution in [2.24, 2.45) is 0 Å². The van der Waals surface area contributed by atoms with E-state index in [0.717, 1.165) is 0 Å². The molecule has 1 heterocycles. The Labute approximate surface area is 134 Å². The van der Waals surface area contributed by atoms with E-state index in [2.05, 4.69) is 9.97 Å². The van der Waals surface area contributed by atoms with E-state index in [1.165, 1.54) is 12.3 Å². The predicted molar refractivity (Wildman–Crippen MR) is 81.4 cm³/mol. The molecule has 2 aromatic rings. The molecule has 0 fully saturated rings. The van der Waals surface area contributed by atoms with Crippen LogP contribution in [0.3, 0.4) is 0 Å². The van der Waals surface area contributed by atoms with Crippen molar-refractivity contribution in [3.05, 3.63) is 39.4 Å². The Morgan fingerprint density at radius 2 is 2.13 bits per heavy atom. The van der Waals surface area contributed by atoms with Crippen LogP contribution in [0.4, 0.5) is 11.5 Å². The number of aryl methyl sites for hydroxylation is 1. The highest BCUT2D eigenvalue weighted by Crippen LogP contribution is 2.35. The molecule has 0 spiro atoms. The van der Waals surface area contributed by atoms with Gasteiger partial charge in [-0.1, -0.05) is 6.07 Å². The summed E-state index contributed by atoms with van der Waals surface area (Å²) in [5.41, 5.74) is 5.87. The maximum Gasteiger partial charge on any atom is 0.373 e. The summed E-state index contributed by atoms with van der Waals surface area (Å²) in [6.45, 7) is 1.70. The second kappa shape index (κ2) is 6.47. The Bertz CT molecular complexity index is 819. The van der Waals surface area contributed by atoms with Gasteiger partial charge in [0.1, 0.15) is 12.0 Å². The van der Waals surface area contributed by atoms with Crippen molar-refractivity contribution in [1.29, 1.82) is 5.26 Å². The van der Waals surface area contributed by atoms with Crippen LogP contribution in [0.15, 0.2) is 23.4 Å². The van der Waals surface area contributed by atoms with Crippen LogP contribution in [0, 0.1) is 28.4 Å². The van der Waals surface area contributed by atoms with Crippen LogP contribution in [-0.4, -0.2) is 25.7 Å². The summed E-state index contributed by atoms with van der Waals surface area (Å²) in [6.07, 6.45) is 1.31. The molecular formula is C13H11N5O4S. The van der Waals surface area contributed by atoms with Crippen LogP contribution in [0.2, 0.25) is 0 Å². The number of rotatable bonds is 4. The molecule has 2 N–H and O–H groups in total. The van der Waals surface area contributed by atoms with E-state index < -0.39 is 33.5 Å². The van der Waals surface area contributed by atoms with Crippen LogP contribution in [0.5, 0.6) is 11.6 Å². The maximum absolute atomic E-state index is 11.5. The van der Waals surface area contributed by atoms with Gasteiger partial charge in [0.05, 0.1) is 16.6 Å². The van der Waals surface area contributed by atoms with Crippen LogP contribution in [0.25, 0.3) is 0 Å². The number of aromatic nitrogens is 2. The van der Waals surface area contributed by atoms with Crippen LogP contribution < -0.4 is 10.5 Å². The zero-order valence-corrected chi connectivity index (χ0v) is 13.0. The largest absolute Gasteiger partial charge is 0.609 e. The van der Waals surface area contributed by atoms with Crippen molar-refractivity contribution in [1.82, 2.24) is 9.97 Å². The number of nitro groups is 1. The van der Waals surface area contributed by atoms with Crippen molar-refractivity contribution >= 4 is 22.7 Å². The zero-order chi connectivity index (χ0) is 17.1. The van der Waals surface area contributed by atoms with Gasteiger partial charge in [0.25, 0.3) is 0 Å². The third-order valence-electron chi connectivity index (χ3n) is 2.82. The van der Waals surface area contributed by atoms with Crippen LogP contribution in [0.1, 0.15) is 11.1 Å². The lowest BCUT2D eigenvalue weighted by molar-refractivity contribution is -0.385. The van der Waals surface area contributed by atoms with Gasteiger partial charge < -0.3 is 15.0 Å². The molecular weight excluding hydrogens is 322 g/mol. The molecule has 1 unspecified atom stereocenters. The van der Waals surface area contributed by atoms with Crippen molar-refractivity contribution in [3.8, 4) is 17.7 Å². The summed E-state index contributed by atoms with van der Waals surface area (Å²) >= 11 is -1.60. The van der Waals surface area contributed by atoms with Crippen LogP contribution in [-0.2, 0) is 11.2 Å². The van der Waals surface area contributed by atoms with Crippen molar-refractivity contribution in [3.63, 3.8) is 0 Å². The van der Waals surface area contributed by atoms with E-state index >= 15 is 0 Å². The molecule has 0 aliphatic carbocycles. The molecule has 0 saturated carbocycles. The molecule has 1 aromatic carbocycles. The lowest BCUT2D eigenvalue weighted by Crippen LogP contribution is -2.10. The number of nitrogens with two attached hydrogens (primary N) is 1. The highest BCUT2D eigenvalue weighted by molar-refractivity contribution is 7.90. The normalized spacial score (nSPS) is 11.6. The summed E-state index contributed by atoms with van der Waals surface area (Å²) in [5, 5.41) is 19.9. The van der Waals surface area contributed by atoms with E-state index in [1.807, 2.05) is 6.07 Å². The average Bonchev–Trinajstić information content (AvgIpc) is 2.48. The molecule has 23 heavy (non-hydrogen) atoms. The number of nitriles is 1. The molecule has 2 rings (SSSR count). The smallest absolute Gasteiger partial charge is 0.373 e. The van der Waals surface area contributed by atoms with Gasteiger partial charge in [-0.25, -0.2) is 0 Å². The summed E-state index contributed by atoms with van der Waals surface area (Å²) < 4.78 is 17.0. The third kappa shape index (κ3) is 3.47. The van der Waals surface area contributed by atoms with E-state index in [9.17, 15) is 14.7 Å². The summed E-state index contributed by atoms with van der Waals surface area (Å²) in [5.74, 6) is -0.664. The SMILES string of the molecule is Cc1ccc(C#N)cc1Oc1nc([S+](C)[O-])nc(N)c1[N+](=O)[O-]. The molecule has 0 amide bonds. The first kappa shape index (κ1) is 16.5. The number of nitrogens with zero attached hydrogens (tertiary/aromatic N) is 4. The van der Waals surface area contributed by atoms with Crippen molar-refractivity contribution in [2.45, 2.75) is 12.1 Å². The Morgan fingerprint density at radius 3 is 2.70 bits per heavy atom. The highest BCUT2D eigenvalue weighted by Gasteiger charge is 2.28. The number of ether oxygens (including phenoxy) is 1. The van der Waals surface area contributed by atoms with Crippen LogP contribution >= 0.6 is 0 Å². The number of nitrogen functional groups attached to an aromatic ring is 1. The fourth-order valence-electron chi connectivity index (χ4n) is 1.69. The topological polar surface area (TPSA) is 151 Å². The monoisotopic (exact) mass is 333 g/mol. The second-order valence-corrected chi connectivity index (χ2v) is 5.72. The number of hydrogen-bond acceptors (Lipinski definition) is 8. The molecule has 0 radical (unpaired) electrons. The molecule has 0 aliphatic rings. The van der Waals surface area contributed by atoms with Gasteiger partial charge in [0.2, 0.25) is 5.82 Å². The Balaban J connectivity index is 2.58. The molecule has 9 nitrogen and oxygen atoms in total. The fourth-order valence-corrected chi connectivity index (χ4v) is 2.12. The molecule has 0 aliphatic heterocycles. The average molecular weight is 333 g/mol. The molecule has 118 valence electrons. The Kier molecular flexibility index (Phi) is 4.63. The fraction of sp³-hybridized carbons (Fsp3) is 0.154. The Morgan fingerprint density at radius 1 is 1.43 bits per heavy atom. The molecule has 10 heteroatoms. The molecule has 0 saturated heterocycles. The van der Waals surface area contributed by atoms with Gasteiger partial charge in [-0.3, -0.25) is 10.1 Å². The first-order valence-electron chi connectivity index (χ1n) is 6.17. The number of anilines is 1. The minimum Gasteiger partial charge on any atom is -0.609 e. The minimum absolute atomic E-state index is 0.183.